The van der Waals surface area contributed by atoms with E-state index in [-0.39, 0.29) is 11.4 Å². The molecule has 4 nitrogen and oxygen atoms in total. The Kier molecular flexibility index (Phi) is 6.21. The van der Waals surface area contributed by atoms with Gasteiger partial charge in [-0.05, 0) is 45.4 Å². The fraction of sp³-hybridized carbons (Fsp3) is 0.588. The van der Waals surface area contributed by atoms with E-state index < -0.39 is 6.10 Å². The van der Waals surface area contributed by atoms with E-state index in [0.717, 1.165) is 6.54 Å². The maximum absolute atomic E-state index is 12.0. The number of hydrogen-bond acceptors (Lipinski definition) is 3. The predicted molar refractivity (Wildman–Crippen MR) is 86.4 cm³/mol. The molecule has 1 rings (SSSR count). The lowest BCUT2D eigenvalue weighted by molar-refractivity contribution is -0.128. The number of carbonyl (C=O) groups is 1. The summed E-state index contributed by atoms with van der Waals surface area (Å²) < 4.78 is 5.67. The standard InChI is InChI=1S/C17H28N2O2/c1-12(2)18-11-14-7-9-15(10-8-14)21-13(3)16(20)19-17(4,5)6/h7-10,12-13,18H,11H2,1-6H3,(H,19,20). The van der Waals surface area contributed by atoms with Gasteiger partial charge in [0.2, 0.25) is 0 Å². The molecule has 2 N–H and O–H groups in total. The summed E-state index contributed by atoms with van der Waals surface area (Å²) in [5.74, 6) is 0.605. The molecule has 1 amide bonds. The van der Waals surface area contributed by atoms with Gasteiger partial charge in [0, 0.05) is 18.1 Å². The SMILES string of the molecule is CC(C)NCc1ccc(OC(C)C(=O)NC(C)(C)C)cc1. The minimum absolute atomic E-state index is 0.104. The van der Waals surface area contributed by atoms with Crippen molar-refractivity contribution in [1.82, 2.24) is 10.6 Å². The molecule has 0 saturated carbocycles. The van der Waals surface area contributed by atoms with Gasteiger partial charge in [-0.25, -0.2) is 0 Å². The van der Waals surface area contributed by atoms with Crippen LogP contribution in [0.3, 0.4) is 0 Å². The summed E-state index contributed by atoms with van der Waals surface area (Å²) in [5.41, 5.74) is 0.948. The summed E-state index contributed by atoms with van der Waals surface area (Å²) in [7, 11) is 0. The van der Waals surface area contributed by atoms with Gasteiger partial charge in [0.1, 0.15) is 5.75 Å². The fourth-order valence-electron chi connectivity index (χ4n) is 1.74. The number of hydrogen-bond donors (Lipinski definition) is 2. The Morgan fingerprint density at radius 3 is 2.19 bits per heavy atom. The molecule has 1 aromatic rings. The van der Waals surface area contributed by atoms with Gasteiger partial charge in [-0.3, -0.25) is 4.79 Å². The van der Waals surface area contributed by atoms with Gasteiger partial charge in [0.05, 0.1) is 0 Å². The second kappa shape index (κ2) is 7.46. The highest BCUT2D eigenvalue weighted by atomic mass is 16.5. The normalized spacial score (nSPS) is 13.1. The molecule has 0 aliphatic heterocycles. The molecule has 1 unspecified atom stereocenters. The third kappa shape index (κ3) is 7.14. The van der Waals surface area contributed by atoms with Crippen molar-refractivity contribution in [2.24, 2.45) is 0 Å². The number of ether oxygens (including phenoxy) is 1. The zero-order chi connectivity index (χ0) is 16.0. The summed E-state index contributed by atoms with van der Waals surface area (Å²) in [6.45, 7) is 12.7. The molecular weight excluding hydrogens is 264 g/mol. The van der Waals surface area contributed by atoms with Gasteiger partial charge in [0.25, 0.3) is 5.91 Å². The Morgan fingerprint density at radius 2 is 1.71 bits per heavy atom. The van der Waals surface area contributed by atoms with E-state index in [2.05, 4.69) is 24.5 Å². The van der Waals surface area contributed by atoms with Crippen molar-refractivity contribution in [3.63, 3.8) is 0 Å². The first-order valence-corrected chi connectivity index (χ1v) is 7.48. The van der Waals surface area contributed by atoms with Crippen molar-refractivity contribution in [2.45, 2.75) is 65.8 Å². The molecule has 0 bridgehead atoms. The van der Waals surface area contributed by atoms with Gasteiger partial charge in [-0.1, -0.05) is 26.0 Å². The predicted octanol–water partition coefficient (Wildman–Crippen LogP) is 2.87. The molecule has 1 aromatic carbocycles. The lowest BCUT2D eigenvalue weighted by atomic mass is 10.1. The van der Waals surface area contributed by atoms with Crippen LogP contribution in [0.5, 0.6) is 5.75 Å². The van der Waals surface area contributed by atoms with Gasteiger partial charge in [-0.2, -0.15) is 0 Å². The largest absolute Gasteiger partial charge is 0.481 e. The summed E-state index contributed by atoms with van der Waals surface area (Å²) in [6, 6.07) is 8.29. The van der Waals surface area contributed by atoms with E-state index >= 15 is 0 Å². The zero-order valence-corrected chi connectivity index (χ0v) is 14.0. The maximum Gasteiger partial charge on any atom is 0.261 e. The highest BCUT2D eigenvalue weighted by Gasteiger charge is 2.20. The molecular formula is C17H28N2O2. The van der Waals surface area contributed by atoms with Gasteiger partial charge in [-0.15, -0.1) is 0 Å². The quantitative estimate of drug-likeness (QED) is 0.847. The number of rotatable bonds is 6. The number of carbonyl (C=O) groups excluding carboxylic acids is 1. The molecule has 0 saturated heterocycles. The lowest BCUT2D eigenvalue weighted by Gasteiger charge is -2.23. The van der Waals surface area contributed by atoms with Crippen molar-refractivity contribution in [3.8, 4) is 5.75 Å². The number of nitrogens with one attached hydrogen (secondary N) is 2. The Hall–Kier alpha value is -1.55. The van der Waals surface area contributed by atoms with E-state index in [0.29, 0.717) is 11.8 Å². The van der Waals surface area contributed by atoms with Crippen LogP contribution in [0.4, 0.5) is 0 Å². The summed E-state index contributed by atoms with van der Waals surface area (Å²) in [6.07, 6.45) is -0.510. The topological polar surface area (TPSA) is 50.4 Å². The summed E-state index contributed by atoms with van der Waals surface area (Å²) >= 11 is 0. The molecule has 0 aliphatic carbocycles. The van der Waals surface area contributed by atoms with E-state index in [1.807, 2.05) is 45.0 Å². The Morgan fingerprint density at radius 1 is 1.14 bits per heavy atom. The molecule has 0 heterocycles. The van der Waals surface area contributed by atoms with E-state index in [9.17, 15) is 4.79 Å². The lowest BCUT2D eigenvalue weighted by Crippen LogP contribution is -2.46. The van der Waals surface area contributed by atoms with Crippen molar-refractivity contribution in [1.29, 1.82) is 0 Å². The minimum Gasteiger partial charge on any atom is -0.481 e. The van der Waals surface area contributed by atoms with Gasteiger partial charge in [0.15, 0.2) is 6.10 Å². The van der Waals surface area contributed by atoms with Crippen LogP contribution in [0, 0.1) is 0 Å². The second-order valence-corrected chi connectivity index (χ2v) is 6.68. The molecule has 0 aliphatic rings. The molecule has 0 aromatic heterocycles. The number of benzene rings is 1. The molecule has 0 spiro atoms. The van der Waals surface area contributed by atoms with Gasteiger partial charge < -0.3 is 15.4 Å². The first-order chi connectivity index (χ1) is 9.67. The zero-order valence-electron chi connectivity index (χ0n) is 14.0. The van der Waals surface area contributed by atoms with E-state index in [4.69, 9.17) is 4.74 Å². The Balaban J connectivity index is 2.53. The molecule has 118 valence electrons. The first-order valence-electron chi connectivity index (χ1n) is 7.48. The molecule has 0 fully saturated rings. The second-order valence-electron chi connectivity index (χ2n) is 6.68. The third-order valence-corrected chi connectivity index (χ3v) is 2.82. The van der Waals surface area contributed by atoms with Crippen LogP contribution in [0.1, 0.15) is 47.1 Å². The average molecular weight is 292 g/mol. The van der Waals surface area contributed by atoms with Crippen LogP contribution in [-0.4, -0.2) is 23.6 Å². The Labute approximate surface area is 128 Å². The first kappa shape index (κ1) is 17.5. The minimum atomic E-state index is -0.510. The monoisotopic (exact) mass is 292 g/mol. The highest BCUT2D eigenvalue weighted by molar-refractivity contribution is 5.81. The van der Waals surface area contributed by atoms with Crippen LogP contribution in [0.25, 0.3) is 0 Å². The summed E-state index contributed by atoms with van der Waals surface area (Å²) in [5, 5.41) is 6.27. The number of amides is 1. The Bertz CT molecular complexity index is 447. The molecule has 1 atom stereocenters. The summed E-state index contributed by atoms with van der Waals surface area (Å²) in [4.78, 5) is 12.0. The molecule has 21 heavy (non-hydrogen) atoms. The van der Waals surface area contributed by atoms with Crippen molar-refractivity contribution in [2.75, 3.05) is 0 Å². The van der Waals surface area contributed by atoms with Crippen LogP contribution in [0.2, 0.25) is 0 Å². The van der Waals surface area contributed by atoms with Crippen LogP contribution in [-0.2, 0) is 11.3 Å². The average Bonchev–Trinajstić information content (AvgIpc) is 2.35. The third-order valence-electron chi connectivity index (χ3n) is 2.82. The van der Waals surface area contributed by atoms with E-state index in [1.165, 1.54) is 5.56 Å². The smallest absolute Gasteiger partial charge is 0.261 e. The highest BCUT2D eigenvalue weighted by Crippen LogP contribution is 2.14. The van der Waals surface area contributed by atoms with Crippen LogP contribution < -0.4 is 15.4 Å². The van der Waals surface area contributed by atoms with Crippen LogP contribution >= 0.6 is 0 Å². The van der Waals surface area contributed by atoms with Crippen molar-refractivity contribution in [3.05, 3.63) is 29.8 Å². The van der Waals surface area contributed by atoms with Crippen molar-refractivity contribution >= 4 is 5.91 Å². The molecule has 4 heteroatoms. The maximum atomic E-state index is 12.0. The van der Waals surface area contributed by atoms with Crippen molar-refractivity contribution < 1.29 is 9.53 Å². The molecule has 0 radical (unpaired) electrons. The fourth-order valence-corrected chi connectivity index (χ4v) is 1.74. The van der Waals surface area contributed by atoms with Gasteiger partial charge >= 0.3 is 0 Å². The van der Waals surface area contributed by atoms with E-state index in [1.54, 1.807) is 6.92 Å². The van der Waals surface area contributed by atoms with Crippen LogP contribution in [0.15, 0.2) is 24.3 Å².